The molecular formula is C17H21NO2. The number of hydrogen-bond acceptors (Lipinski definition) is 3. The van der Waals surface area contributed by atoms with Crippen molar-refractivity contribution in [2.75, 3.05) is 0 Å². The molecule has 0 aliphatic rings. The van der Waals surface area contributed by atoms with Crippen molar-refractivity contribution in [2.45, 2.75) is 38.8 Å². The van der Waals surface area contributed by atoms with Gasteiger partial charge in [0.05, 0.1) is 0 Å². The molecule has 1 atom stereocenters. The number of carbonyl (C=O) groups excluding carboxylic acids is 1. The van der Waals surface area contributed by atoms with Gasteiger partial charge in [-0.25, -0.2) is 4.79 Å². The van der Waals surface area contributed by atoms with Gasteiger partial charge in [-0.3, -0.25) is 0 Å². The van der Waals surface area contributed by atoms with E-state index in [2.05, 4.69) is 0 Å². The van der Waals surface area contributed by atoms with E-state index in [1.807, 2.05) is 63.2 Å². The third-order valence-corrected chi connectivity index (χ3v) is 3.17. The van der Waals surface area contributed by atoms with Crippen LogP contribution in [-0.4, -0.2) is 11.6 Å². The Bertz CT molecular complexity index is 633. The van der Waals surface area contributed by atoms with Gasteiger partial charge in [0.2, 0.25) is 0 Å². The zero-order chi connectivity index (χ0) is 15.0. The molecule has 2 rings (SSSR count). The largest absolute Gasteiger partial charge is 0.458 e. The van der Waals surface area contributed by atoms with Gasteiger partial charge in [0.25, 0.3) is 0 Å². The lowest BCUT2D eigenvalue weighted by Gasteiger charge is -2.29. The van der Waals surface area contributed by atoms with Crippen molar-refractivity contribution in [1.82, 2.24) is 0 Å². The third-order valence-electron chi connectivity index (χ3n) is 3.17. The maximum absolute atomic E-state index is 12.4. The Labute approximate surface area is 119 Å². The monoisotopic (exact) mass is 271 g/mol. The molecule has 2 aromatic carbocycles. The highest BCUT2D eigenvalue weighted by Crippen LogP contribution is 2.29. The SMILES string of the molecule is CC(C)(C)OC(=O)[C@](C)(N)c1cccc2ccccc12. The summed E-state index contributed by atoms with van der Waals surface area (Å²) in [5.74, 6) is -0.415. The minimum absolute atomic E-state index is 0.415. The molecule has 0 heterocycles. The molecule has 0 radical (unpaired) electrons. The van der Waals surface area contributed by atoms with Crippen molar-refractivity contribution in [3.05, 3.63) is 48.0 Å². The first kappa shape index (κ1) is 14.5. The molecule has 20 heavy (non-hydrogen) atoms. The van der Waals surface area contributed by atoms with E-state index in [9.17, 15) is 4.79 Å². The Kier molecular flexibility index (Phi) is 3.57. The minimum Gasteiger partial charge on any atom is -0.458 e. The molecule has 2 N–H and O–H groups in total. The highest BCUT2D eigenvalue weighted by molar-refractivity contribution is 5.93. The summed E-state index contributed by atoms with van der Waals surface area (Å²) in [5.41, 5.74) is 5.34. The topological polar surface area (TPSA) is 52.3 Å². The van der Waals surface area contributed by atoms with E-state index in [-0.39, 0.29) is 0 Å². The van der Waals surface area contributed by atoms with Gasteiger partial charge in [0, 0.05) is 0 Å². The summed E-state index contributed by atoms with van der Waals surface area (Å²) in [6.45, 7) is 7.21. The van der Waals surface area contributed by atoms with E-state index in [4.69, 9.17) is 10.5 Å². The van der Waals surface area contributed by atoms with E-state index < -0.39 is 17.1 Å². The first-order valence-corrected chi connectivity index (χ1v) is 6.72. The smallest absolute Gasteiger partial charge is 0.331 e. The molecule has 0 saturated carbocycles. The zero-order valence-electron chi connectivity index (χ0n) is 12.4. The summed E-state index contributed by atoms with van der Waals surface area (Å²) >= 11 is 0. The van der Waals surface area contributed by atoms with Crippen LogP contribution in [0.15, 0.2) is 42.5 Å². The van der Waals surface area contributed by atoms with Gasteiger partial charge in [0.1, 0.15) is 11.1 Å². The summed E-state index contributed by atoms with van der Waals surface area (Å²) in [5, 5.41) is 2.04. The molecule has 0 amide bonds. The molecular weight excluding hydrogens is 250 g/mol. The molecule has 0 saturated heterocycles. The summed E-state index contributed by atoms with van der Waals surface area (Å²) in [6.07, 6.45) is 0. The lowest BCUT2D eigenvalue weighted by Crippen LogP contribution is -2.46. The van der Waals surface area contributed by atoms with Crippen LogP contribution in [-0.2, 0) is 15.1 Å². The quantitative estimate of drug-likeness (QED) is 0.852. The van der Waals surface area contributed by atoms with Gasteiger partial charge < -0.3 is 10.5 Å². The number of hydrogen-bond donors (Lipinski definition) is 1. The van der Waals surface area contributed by atoms with Crippen LogP contribution in [0.3, 0.4) is 0 Å². The number of carbonyl (C=O) groups is 1. The van der Waals surface area contributed by atoms with Crippen LogP contribution in [0.5, 0.6) is 0 Å². The fraction of sp³-hybridized carbons (Fsp3) is 0.353. The van der Waals surface area contributed by atoms with Gasteiger partial charge in [-0.2, -0.15) is 0 Å². The number of fused-ring (bicyclic) bond motifs is 1. The zero-order valence-corrected chi connectivity index (χ0v) is 12.4. The minimum atomic E-state index is -1.17. The van der Waals surface area contributed by atoms with Crippen LogP contribution < -0.4 is 5.73 Å². The predicted octanol–water partition coefficient (Wildman–Crippen LogP) is 3.36. The number of ether oxygens (including phenoxy) is 1. The molecule has 3 heteroatoms. The maximum Gasteiger partial charge on any atom is 0.331 e. The summed E-state index contributed by atoms with van der Waals surface area (Å²) in [4.78, 5) is 12.4. The Morgan fingerprint density at radius 1 is 1.00 bits per heavy atom. The first-order valence-electron chi connectivity index (χ1n) is 6.72. The lowest BCUT2D eigenvalue weighted by molar-refractivity contribution is -0.161. The average Bonchev–Trinajstić information content (AvgIpc) is 2.36. The fourth-order valence-corrected chi connectivity index (χ4v) is 2.17. The van der Waals surface area contributed by atoms with Crippen molar-refractivity contribution < 1.29 is 9.53 Å². The Morgan fingerprint density at radius 3 is 2.25 bits per heavy atom. The van der Waals surface area contributed by atoms with Crippen molar-refractivity contribution >= 4 is 16.7 Å². The van der Waals surface area contributed by atoms with Gasteiger partial charge in [-0.05, 0) is 44.0 Å². The fourth-order valence-electron chi connectivity index (χ4n) is 2.17. The van der Waals surface area contributed by atoms with Gasteiger partial charge >= 0.3 is 5.97 Å². The predicted molar refractivity (Wildman–Crippen MR) is 81.3 cm³/mol. The Morgan fingerprint density at radius 2 is 1.60 bits per heavy atom. The van der Waals surface area contributed by atoms with Gasteiger partial charge in [-0.15, -0.1) is 0 Å². The van der Waals surface area contributed by atoms with E-state index in [0.717, 1.165) is 16.3 Å². The van der Waals surface area contributed by atoms with E-state index in [1.165, 1.54) is 0 Å². The maximum atomic E-state index is 12.4. The summed E-state index contributed by atoms with van der Waals surface area (Å²) < 4.78 is 5.44. The first-order chi connectivity index (χ1) is 9.22. The van der Waals surface area contributed by atoms with Crippen LogP contribution in [0, 0.1) is 0 Å². The number of esters is 1. The van der Waals surface area contributed by atoms with Gasteiger partial charge in [-0.1, -0.05) is 42.5 Å². The van der Waals surface area contributed by atoms with E-state index in [1.54, 1.807) is 6.92 Å². The Hall–Kier alpha value is -1.87. The normalized spacial score (nSPS) is 14.8. The Balaban J connectivity index is 2.49. The molecule has 0 unspecified atom stereocenters. The molecule has 3 nitrogen and oxygen atoms in total. The van der Waals surface area contributed by atoms with E-state index >= 15 is 0 Å². The highest BCUT2D eigenvalue weighted by atomic mass is 16.6. The molecule has 0 spiro atoms. The second kappa shape index (κ2) is 4.91. The molecule has 0 bridgehead atoms. The standard InChI is InChI=1S/C17H21NO2/c1-16(2,3)20-15(19)17(4,18)14-11-7-9-12-8-5-6-10-13(12)14/h5-11H,18H2,1-4H3/t17-/m1/s1. The molecule has 0 fully saturated rings. The number of nitrogens with two attached hydrogens (primary N) is 1. The van der Waals surface area contributed by atoms with Crippen LogP contribution in [0.4, 0.5) is 0 Å². The third kappa shape index (κ3) is 2.83. The van der Waals surface area contributed by atoms with Crippen LogP contribution >= 0.6 is 0 Å². The molecule has 106 valence electrons. The van der Waals surface area contributed by atoms with Crippen molar-refractivity contribution in [1.29, 1.82) is 0 Å². The summed E-state index contributed by atoms with van der Waals surface area (Å²) in [6, 6.07) is 13.7. The van der Waals surface area contributed by atoms with Crippen molar-refractivity contribution in [3.63, 3.8) is 0 Å². The van der Waals surface area contributed by atoms with Crippen molar-refractivity contribution in [3.8, 4) is 0 Å². The molecule has 0 aliphatic carbocycles. The average molecular weight is 271 g/mol. The second-order valence-corrected chi connectivity index (χ2v) is 6.23. The lowest BCUT2D eigenvalue weighted by atomic mass is 9.88. The summed E-state index contributed by atoms with van der Waals surface area (Å²) in [7, 11) is 0. The molecule has 2 aromatic rings. The number of rotatable bonds is 2. The highest BCUT2D eigenvalue weighted by Gasteiger charge is 2.36. The van der Waals surface area contributed by atoms with Crippen molar-refractivity contribution in [2.24, 2.45) is 5.73 Å². The van der Waals surface area contributed by atoms with Crippen LogP contribution in [0.25, 0.3) is 10.8 Å². The van der Waals surface area contributed by atoms with Crippen LogP contribution in [0.2, 0.25) is 0 Å². The second-order valence-electron chi connectivity index (χ2n) is 6.23. The number of benzene rings is 2. The van der Waals surface area contributed by atoms with Crippen LogP contribution in [0.1, 0.15) is 33.3 Å². The molecule has 0 aliphatic heterocycles. The van der Waals surface area contributed by atoms with E-state index in [0.29, 0.717) is 0 Å². The van der Waals surface area contributed by atoms with Gasteiger partial charge in [0.15, 0.2) is 0 Å². The molecule has 0 aromatic heterocycles.